The average Bonchev–Trinajstić information content (AvgIpc) is 2.53. The second kappa shape index (κ2) is 7.88. The van der Waals surface area contributed by atoms with E-state index in [-0.39, 0.29) is 10.8 Å². The number of nitrogens with one attached hydrogen (secondary N) is 1. The number of nitrogens with two attached hydrogens (primary N) is 1. The van der Waals surface area contributed by atoms with Gasteiger partial charge in [0, 0.05) is 19.7 Å². The molecule has 0 saturated carbocycles. The number of sulfonamides is 1. The first-order valence-electron chi connectivity index (χ1n) is 8.32. The average molecular weight is 375 g/mol. The van der Waals surface area contributed by atoms with Gasteiger partial charge in [-0.2, -0.15) is 0 Å². The number of hydrogen-bond acceptors (Lipinski definition) is 4. The summed E-state index contributed by atoms with van der Waals surface area (Å²) in [6.07, 6.45) is 0.948. The van der Waals surface area contributed by atoms with Crippen molar-refractivity contribution in [1.82, 2.24) is 0 Å². The minimum Gasteiger partial charge on any atom is -0.376 e. The number of benzene rings is 2. The quantitative estimate of drug-likeness (QED) is 0.812. The molecule has 1 amide bonds. The van der Waals surface area contributed by atoms with Gasteiger partial charge in [-0.05, 0) is 48.2 Å². The van der Waals surface area contributed by atoms with Crippen LogP contribution in [0.3, 0.4) is 0 Å². The molecule has 0 aliphatic carbocycles. The zero-order valence-electron chi connectivity index (χ0n) is 15.5. The van der Waals surface area contributed by atoms with Crippen LogP contribution in [0.2, 0.25) is 0 Å². The Hall–Kier alpha value is -2.38. The summed E-state index contributed by atoms with van der Waals surface area (Å²) < 4.78 is 23.2. The summed E-state index contributed by atoms with van der Waals surface area (Å²) >= 11 is 0. The number of carbonyl (C=O) groups excluding carboxylic acids is 1. The van der Waals surface area contributed by atoms with Gasteiger partial charge >= 0.3 is 0 Å². The van der Waals surface area contributed by atoms with E-state index in [1.54, 1.807) is 23.1 Å². The van der Waals surface area contributed by atoms with E-state index in [9.17, 15) is 13.2 Å². The highest BCUT2D eigenvalue weighted by molar-refractivity contribution is 7.89. The van der Waals surface area contributed by atoms with Crippen molar-refractivity contribution in [3.05, 3.63) is 53.6 Å². The van der Waals surface area contributed by atoms with Crippen LogP contribution >= 0.6 is 0 Å². The highest BCUT2D eigenvalue weighted by atomic mass is 32.2. The molecule has 0 aliphatic heterocycles. The molecule has 0 heterocycles. The third-order valence-electron chi connectivity index (χ3n) is 3.89. The molecule has 0 aromatic heterocycles. The van der Waals surface area contributed by atoms with Crippen molar-refractivity contribution in [2.45, 2.75) is 25.2 Å². The van der Waals surface area contributed by atoms with Crippen molar-refractivity contribution in [2.75, 3.05) is 24.3 Å². The van der Waals surface area contributed by atoms with E-state index in [1.165, 1.54) is 17.7 Å². The number of hydrogen-bond donors (Lipinski definition) is 2. The molecular weight excluding hydrogens is 350 g/mol. The molecule has 26 heavy (non-hydrogen) atoms. The monoisotopic (exact) mass is 375 g/mol. The molecular formula is C19H25N3O3S. The Morgan fingerprint density at radius 2 is 1.73 bits per heavy atom. The van der Waals surface area contributed by atoms with Crippen LogP contribution in [0.25, 0.3) is 0 Å². The summed E-state index contributed by atoms with van der Waals surface area (Å²) in [5, 5.41) is 7.98. The third-order valence-corrected chi connectivity index (χ3v) is 4.80. The molecule has 3 N–H and O–H groups in total. The van der Waals surface area contributed by atoms with Crippen LogP contribution in [-0.2, 0) is 16.4 Å². The Kier molecular flexibility index (Phi) is 6.05. The van der Waals surface area contributed by atoms with Gasteiger partial charge < -0.3 is 10.2 Å². The van der Waals surface area contributed by atoms with Gasteiger partial charge in [-0.1, -0.05) is 26.0 Å². The summed E-state index contributed by atoms with van der Waals surface area (Å²) in [5.41, 5.74) is 2.74. The van der Waals surface area contributed by atoms with Crippen molar-refractivity contribution in [3.63, 3.8) is 0 Å². The molecule has 2 rings (SSSR count). The van der Waals surface area contributed by atoms with Gasteiger partial charge in [-0.25, -0.2) is 13.6 Å². The number of primary sulfonamides is 1. The fraction of sp³-hybridized carbons (Fsp3) is 0.316. The van der Waals surface area contributed by atoms with Crippen molar-refractivity contribution in [1.29, 1.82) is 0 Å². The van der Waals surface area contributed by atoms with E-state index in [0.717, 1.165) is 6.42 Å². The van der Waals surface area contributed by atoms with Crippen molar-refractivity contribution in [3.8, 4) is 0 Å². The van der Waals surface area contributed by atoms with Crippen molar-refractivity contribution >= 4 is 27.3 Å². The Morgan fingerprint density at radius 3 is 2.23 bits per heavy atom. The van der Waals surface area contributed by atoms with Gasteiger partial charge in [-0.15, -0.1) is 0 Å². The molecule has 0 bridgehead atoms. The lowest BCUT2D eigenvalue weighted by atomic mass is 10.0. The topological polar surface area (TPSA) is 92.5 Å². The van der Waals surface area contributed by atoms with Gasteiger partial charge in [0.25, 0.3) is 5.91 Å². The predicted octanol–water partition coefficient (Wildman–Crippen LogP) is 2.85. The zero-order valence-corrected chi connectivity index (χ0v) is 16.3. The fourth-order valence-electron chi connectivity index (χ4n) is 2.64. The van der Waals surface area contributed by atoms with Crippen LogP contribution < -0.4 is 15.4 Å². The molecule has 2 aromatic carbocycles. The highest BCUT2D eigenvalue weighted by Crippen LogP contribution is 2.27. The summed E-state index contributed by atoms with van der Waals surface area (Å²) in [6, 6.07) is 11.8. The minimum atomic E-state index is -3.86. The Labute approximate surface area is 155 Å². The molecule has 2 aromatic rings. The first kappa shape index (κ1) is 19.9. The van der Waals surface area contributed by atoms with Gasteiger partial charge in [0.1, 0.15) is 0 Å². The SMILES string of the molecule is CC(C)Cc1ccc(C(=O)Nc2cc(S(N)(=O)=O)ccc2N(C)C)cc1. The van der Waals surface area contributed by atoms with E-state index in [2.05, 4.69) is 19.2 Å². The van der Waals surface area contributed by atoms with Crippen LogP contribution in [0.15, 0.2) is 47.4 Å². The van der Waals surface area contributed by atoms with E-state index < -0.39 is 10.0 Å². The maximum Gasteiger partial charge on any atom is 0.255 e. The maximum absolute atomic E-state index is 12.6. The van der Waals surface area contributed by atoms with Crippen LogP contribution in [0.1, 0.15) is 29.8 Å². The third kappa shape index (κ3) is 5.06. The number of carbonyl (C=O) groups is 1. The fourth-order valence-corrected chi connectivity index (χ4v) is 3.18. The molecule has 6 nitrogen and oxygen atoms in total. The summed E-state index contributed by atoms with van der Waals surface area (Å²) in [5.74, 6) is 0.231. The van der Waals surface area contributed by atoms with Crippen molar-refractivity contribution in [2.24, 2.45) is 11.1 Å². The first-order chi connectivity index (χ1) is 12.1. The molecule has 7 heteroatoms. The Balaban J connectivity index is 2.29. The van der Waals surface area contributed by atoms with Crippen molar-refractivity contribution < 1.29 is 13.2 Å². The van der Waals surface area contributed by atoms with Gasteiger partial charge in [0.2, 0.25) is 10.0 Å². The standard InChI is InChI=1S/C19H25N3O3S/c1-13(2)11-14-5-7-15(8-6-14)19(23)21-17-12-16(26(20,24)25)9-10-18(17)22(3)4/h5-10,12-13H,11H2,1-4H3,(H,21,23)(H2,20,24,25). The Bertz CT molecular complexity index is 889. The lowest BCUT2D eigenvalue weighted by molar-refractivity contribution is 0.102. The van der Waals surface area contributed by atoms with E-state index in [1.807, 2.05) is 26.2 Å². The van der Waals surface area contributed by atoms with Crippen LogP contribution in [0.5, 0.6) is 0 Å². The second-order valence-electron chi connectivity index (χ2n) is 6.87. The summed E-state index contributed by atoms with van der Waals surface area (Å²) in [6.45, 7) is 4.28. The van der Waals surface area contributed by atoms with E-state index in [4.69, 9.17) is 5.14 Å². The maximum atomic E-state index is 12.6. The molecule has 0 saturated heterocycles. The lowest BCUT2D eigenvalue weighted by Crippen LogP contribution is -2.18. The van der Waals surface area contributed by atoms with E-state index in [0.29, 0.717) is 22.9 Å². The van der Waals surface area contributed by atoms with Crippen LogP contribution in [-0.4, -0.2) is 28.4 Å². The first-order valence-corrected chi connectivity index (χ1v) is 9.87. The molecule has 0 radical (unpaired) electrons. The van der Waals surface area contributed by atoms with Crippen LogP contribution in [0.4, 0.5) is 11.4 Å². The number of nitrogens with zero attached hydrogens (tertiary/aromatic N) is 1. The largest absolute Gasteiger partial charge is 0.376 e. The molecule has 0 spiro atoms. The van der Waals surface area contributed by atoms with Gasteiger partial charge in [-0.3, -0.25) is 4.79 Å². The van der Waals surface area contributed by atoms with Gasteiger partial charge in [0.05, 0.1) is 16.3 Å². The van der Waals surface area contributed by atoms with Crippen LogP contribution in [0, 0.1) is 5.92 Å². The Morgan fingerprint density at radius 1 is 1.12 bits per heavy atom. The lowest BCUT2D eigenvalue weighted by Gasteiger charge is -2.19. The number of amides is 1. The second-order valence-corrected chi connectivity index (χ2v) is 8.43. The smallest absolute Gasteiger partial charge is 0.255 e. The molecule has 0 fully saturated rings. The number of rotatable bonds is 6. The molecule has 0 atom stereocenters. The molecule has 0 unspecified atom stereocenters. The molecule has 140 valence electrons. The van der Waals surface area contributed by atoms with Gasteiger partial charge in [0.15, 0.2) is 0 Å². The van der Waals surface area contributed by atoms with E-state index >= 15 is 0 Å². The summed E-state index contributed by atoms with van der Waals surface area (Å²) in [7, 11) is -0.240. The number of anilines is 2. The predicted molar refractivity (Wildman–Crippen MR) is 105 cm³/mol. The zero-order chi connectivity index (χ0) is 19.5. The normalized spacial score (nSPS) is 11.5. The molecule has 0 aliphatic rings. The minimum absolute atomic E-state index is 0.0503. The summed E-state index contributed by atoms with van der Waals surface area (Å²) in [4.78, 5) is 14.3. The highest BCUT2D eigenvalue weighted by Gasteiger charge is 2.15.